The van der Waals surface area contributed by atoms with Gasteiger partial charge in [0.1, 0.15) is 18.9 Å². The topological polar surface area (TPSA) is 99.6 Å². The van der Waals surface area contributed by atoms with Gasteiger partial charge in [0.15, 0.2) is 16.6 Å². The Morgan fingerprint density at radius 2 is 1.93 bits per heavy atom. The number of ether oxygens (including phenoxy) is 3. The fourth-order valence-corrected chi connectivity index (χ4v) is 3.65. The van der Waals surface area contributed by atoms with Gasteiger partial charge in [0.05, 0.1) is 23.6 Å². The molecule has 1 aliphatic rings. The van der Waals surface area contributed by atoms with Crippen LogP contribution in [0.2, 0.25) is 0 Å². The van der Waals surface area contributed by atoms with Crippen LogP contribution in [0, 0.1) is 6.92 Å². The number of fused-ring (bicyclic) bond motifs is 1. The van der Waals surface area contributed by atoms with Gasteiger partial charge in [-0.1, -0.05) is 0 Å². The molecule has 8 nitrogen and oxygen atoms in total. The van der Waals surface area contributed by atoms with Gasteiger partial charge in [0.25, 0.3) is 5.91 Å². The van der Waals surface area contributed by atoms with Crippen molar-refractivity contribution in [2.45, 2.75) is 13.8 Å². The summed E-state index contributed by atoms with van der Waals surface area (Å²) >= 11 is 1.31. The number of aryl methyl sites for hydroxylation is 1. The Labute approximate surface area is 176 Å². The Morgan fingerprint density at radius 1 is 1.13 bits per heavy atom. The number of hydrogen-bond acceptors (Lipinski definition) is 8. The van der Waals surface area contributed by atoms with E-state index in [2.05, 4.69) is 15.3 Å². The molecule has 1 aliphatic heterocycles. The van der Waals surface area contributed by atoms with Gasteiger partial charge in [-0.2, -0.15) is 0 Å². The molecule has 154 valence electrons. The smallest absolute Gasteiger partial charge is 0.339 e. The van der Waals surface area contributed by atoms with Gasteiger partial charge in [-0.15, -0.1) is 11.3 Å². The number of carbonyl (C=O) groups is 2. The van der Waals surface area contributed by atoms with E-state index in [1.54, 1.807) is 13.8 Å². The first kappa shape index (κ1) is 19.8. The fourth-order valence-electron chi connectivity index (χ4n) is 2.94. The SMILES string of the molecule is CCOC(=O)c1ccc(C(=O)Nc2nc(-c3ccc4c(c3)OCCO4)cs2)nc1C. The first-order valence-corrected chi connectivity index (χ1v) is 10.2. The van der Waals surface area contributed by atoms with E-state index in [4.69, 9.17) is 14.2 Å². The van der Waals surface area contributed by atoms with E-state index in [0.717, 1.165) is 5.56 Å². The maximum Gasteiger partial charge on any atom is 0.339 e. The average Bonchev–Trinajstić information content (AvgIpc) is 3.22. The van der Waals surface area contributed by atoms with Crippen molar-refractivity contribution in [2.75, 3.05) is 25.1 Å². The molecular formula is C21H19N3O5S. The molecule has 2 aromatic heterocycles. The molecule has 0 spiro atoms. The standard InChI is InChI=1S/C21H19N3O5S/c1-3-27-20(26)14-5-6-15(22-12(14)2)19(25)24-21-23-16(11-30-21)13-4-7-17-18(10-13)29-9-8-28-17/h4-7,10-11H,3,8-9H2,1-2H3,(H,23,24,25). The van der Waals surface area contributed by atoms with E-state index < -0.39 is 11.9 Å². The molecule has 0 fully saturated rings. The number of carbonyl (C=O) groups excluding carboxylic acids is 2. The lowest BCUT2D eigenvalue weighted by Crippen LogP contribution is -2.16. The normalized spacial score (nSPS) is 12.3. The number of pyridine rings is 1. The highest BCUT2D eigenvalue weighted by atomic mass is 32.1. The minimum absolute atomic E-state index is 0.191. The van der Waals surface area contributed by atoms with Crippen molar-refractivity contribution in [3.63, 3.8) is 0 Å². The summed E-state index contributed by atoms with van der Waals surface area (Å²) in [6.07, 6.45) is 0. The Hall–Kier alpha value is -3.46. The first-order valence-electron chi connectivity index (χ1n) is 9.37. The van der Waals surface area contributed by atoms with E-state index in [1.165, 1.54) is 23.5 Å². The van der Waals surface area contributed by atoms with Gasteiger partial charge >= 0.3 is 5.97 Å². The van der Waals surface area contributed by atoms with Gasteiger partial charge in [0.2, 0.25) is 0 Å². The second-order valence-electron chi connectivity index (χ2n) is 6.40. The zero-order chi connectivity index (χ0) is 21.1. The summed E-state index contributed by atoms with van der Waals surface area (Å²) in [4.78, 5) is 33.1. The Kier molecular flexibility index (Phi) is 5.62. The van der Waals surface area contributed by atoms with E-state index in [0.29, 0.717) is 46.8 Å². The second kappa shape index (κ2) is 8.50. The molecule has 1 amide bonds. The van der Waals surface area contributed by atoms with Crippen LogP contribution in [-0.4, -0.2) is 41.7 Å². The third-order valence-corrected chi connectivity index (χ3v) is 5.13. The number of rotatable bonds is 5. The van der Waals surface area contributed by atoms with Gasteiger partial charge in [-0.25, -0.2) is 14.8 Å². The Balaban J connectivity index is 1.48. The molecule has 3 heterocycles. The lowest BCUT2D eigenvalue weighted by molar-refractivity contribution is 0.0524. The maximum atomic E-state index is 12.6. The fraction of sp³-hybridized carbons (Fsp3) is 0.238. The van der Waals surface area contributed by atoms with Gasteiger partial charge < -0.3 is 14.2 Å². The largest absolute Gasteiger partial charge is 0.486 e. The molecule has 0 atom stereocenters. The minimum atomic E-state index is -0.460. The highest BCUT2D eigenvalue weighted by molar-refractivity contribution is 7.14. The number of nitrogens with one attached hydrogen (secondary N) is 1. The zero-order valence-corrected chi connectivity index (χ0v) is 17.2. The van der Waals surface area contributed by atoms with Crippen LogP contribution in [0.4, 0.5) is 5.13 Å². The van der Waals surface area contributed by atoms with Crippen LogP contribution in [0.5, 0.6) is 11.5 Å². The van der Waals surface area contributed by atoms with Crippen LogP contribution in [0.3, 0.4) is 0 Å². The molecule has 30 heavy (non-hydrogen) atoms. The molecule has 0 radical (unpaired) electrons. The van der Waals surface area contributed by atoms with Gasteiger partial charge in [-0.3, -0.25) is 10.1 Å². The van der Waals surface area contributed by atoms with E-state index in [9.17, 15) is 9.59 Å². The van der Waals surface area contributed by atoms with Gasteiger partial charge in [-0.05, 0) is 44.2 Å². The van der Waals surface area contributed by atoms with Crippen molar-refractivity contribution in [3.8, 4) is 22.8 Å². The molecule has 0 saturated carbocycles. The van der Waals surface area contributed by atoms with Crippen LogP contribution in [0.15, 0.2) is 35.7 Å². The van der Waals surface area contributed by atoms with Crippen molar-refractivity contribution < 1.29 is 23.8 Å². The van der Waals surface area contributed by atoms with Crippen LogP contribution in [-0.2, 0) is 4.74 Å². The number of hydrogen-bond donors (Lipinski definition) is 1. The summed E-state index contributed by atoms with van der Waals surface area (Å²) in [5.74, 6) is 0.523. The molecular weight excluding hydrogens is 406 g/mol. The first-order chi connectivity index (χ1) is 14.5. The van der Waals surface area contributed by atoms with Crippen LogP contribution < -0.4 is 14.8 Å². The lowest BCUT2D eigenvalue weighted by atomic mass is 10.1. The van der Waals surface area contributed by atoms with Crippen molar-refractivity contribution in [1.29, 1.82) is 0 Å². The molecule has 0 saturated heterocycles. The summed E-state index contributed by atoms with van der Waals surface area (Å²) in [7, 11) is 0. The number of aromatic nitrogens is 2. The summed E-state index contributed by atoms with van der Waals surface area (Å²) in [6, 6.07) is 8.64. The van der Waals surface area contributed by atoms with Crippen molar-refractivity contribution in [1.82, 2.24) is 9.97 Å². The van der Waals surface area contributed by atoms with Gasteiger partial charge in [0, 0.05) is 10.9 Å². The van der Waals surface area contributed by atoms with E-state index in [-0.39, 0.29) is 12.3 Å². The summed E-state index contributed by atoms with van der Waals surface area (Å²) in [5, 5.41) is 5.04. The second-order valence-corrected chi connectivity index (χ2v) is 7.26. The lowest BCUT2D eigenvalue weighted by Gasteiger charge is -2.18. The van der Waals surface area contributed by atoms with E-state index in [1.807, 2.05) is 23.6 Å². The molecule has 0 unspecified atom stereocenters. The highest BCUT2D eigenvalue weighted by Crippen LogP contribution is 2.35. The molecule has 3 aromatic rings. The van der Waals surface area contributed by atoms with Crippen molar-refractivity contribution in [2.24, 2.45) is 0 Å². The van der Waals surface area contributed by atoms with Crippen molar-refractivity contribution >= 4 is 28.3 Å². The Morgan fingerprint density at radius 3 is 2.70 bits per heavy atom. The maximum absolute atomic E-state index is 12.6. The number of nitrogens with zero attached hydrogens (tertiary/aromatic N) is 2. The molecule has 1 aromatic carbocycles. The predicted octanol–water partition coefficient (Wildman–Crippen LogP) is 3.71. The molecule has 4 rings (SSSR count). The number of anilines is 1. The van der Waals surface area contributed by atoms with E-state index >= 15 is 0 Å². The molecule has 0 aliphatic carbocycles. The van der Waals surface area contributed by atoms with Crippen LogP contribution in [0.25, 0.3) is 11.3 Å². The zero-order valence-electron chi connectivity index (χ0n) is 16.4. The predicted molar refractivity (Wildman–Crippen MR) is 111 cm³/mol. The summed E-state index contributed by atoms with van der Waals surface area (Å²) in [6.45, 7) is 4.71. The number of benzene rings is 1. The molecule has 1 N–H and O–H groups in total. The highest BCUT2D eigenvalue weighted by Gasteiger charge is 2.17. The summed E-state index contributed by atoms with van der Waals surface area (Å²) < 4.78 is 16.1. The number of amides is 1. The van der Waals surface area contributed by atoms with Crippen LogP contribution in [0.1, 0.15) is 33.5 Å². The average molecular weight is 425 g/mol. The molecule has 9 heteroatoms. The van der Waals surface area contributed by atoms with Crippen LogP contribution >= 0.6 is 11.3 Å². The number of esters is 1. The number of thiazole rings is 1. The monoisotopic (exact) mass is 425 g/mol. The third kappa shape index (κ3) is 4.11. The molecule has 0 bridgehead atoms. The third-order valence-electron chi connectivity index (χ3n) is 4.38. The summed E-state index contributed by atoms with van der Waals surface area (Å²) in [5.41, 5.74) is 2.54. The Bertz CT molecular complexity index is 1110. The minimum Gasteiger partial charge on any atom is -0.486 e. The van der Waals surface area contributed by atoms with Crippen molar-refractivity contribution in [3.05, 3.63) is 52.7 Å². The quantitative estimate of drug-likeness (QED) is 0.622.